The van der Waals surface area contributed by atoms with Crippen molar-refractivity contribution in [1.82, 2.24) is 9.97 Å². The van der Waals surface area contributed by atoms with Gasteiger partial charge in [-0.15, -0.1) is 11.3 Å². The van der Waals surface area contributed by atoms with Gasteiger partial charge in [-0.25, -0.2) is 9.97 Å². The van der Waals surface area contributed by atoms with Crippen molar-refractivity contribution in [3.8, 4) is 0 Å². The summed E-state index contributed by atoms with van der Waals surface area (Å²) in [6, 6.07) is 2.23. The zero-order valence-electron chi connectivity index (χ0n) is 11.9. The number of thiophene rings is 1. The van der Waals surface area contributed by atoms with E-state index in [2.05, 4.69) is 25.2 Å². The van der Waals surface area contributed by atoms with E-state index < -0.39 is 0 Å². The van der Waals surface area contributed by atoms with Gasteiger partial charge in [-0.05, 0) is 37.7 Å². The van der Waals surface area contributed by atoms with Crippen LogP contribution in [-0.4, -0.2) is 17.0 Å². The van der Waals surface area contributed by atoms with Crippen LogP contribution in [-0.2, 0) is 6.42 Å². The van der Waals surface area contributed by atoms with Crippen molar-refractivity contribution in [2.24, 2.45) is 5.92 Å². The summed E-state index contributed by atoms with van der Waals surface area (Å²) in [5.74, 6) is 3.41. The van der Waals surface area contributed by atoms with E-state index >= 15 is 0 Å². The van der Waals surface area contributed by atoms with Crippen LogP contribution in [0.1, 0.15) is 49.7 Å². The Balaban J connectivity index is 2.06. The largest absolute Gasteiger partial charge is 0.372 e. The third-order valence-corrected chi connectivity index (χ3v) is 5.28. The highest BCUT2D eigenvalue weighted by Gasteiger charge is 2.26. The van der Waals surface area contributed by atoms with Crippen molar-refractivity contribution in [3.05, 3.63) is 16.8 Å². The first-order valence-electron chi connectivity index (χ1n) is 7.19. The molecule has 1 saturated carbocycles. The molecule has 2 unspecified atom stereocenters. The molecule has 0 amide bonds. The maximum Gasteiger partial charge on any atom is 0.138 e. The van der Waals surface area contributed by atoms with Crippen LogP contribution in [0.5, 0.6) is 0 Å². The fraction of sp³-hybridized carbons (Fsp3) is 0.600. The monoisotopic (exact) mass is 275 g/mol. The van der Waals surface area contributed by atoms with Crippen molar-refractivity contribution in [3.63, 3.8) is 0 Å². The maximum atomic E-state index is 4.84. The van der Waals surface area contributed by atoms with Gasteiger partial charge in [0.25, 0.3) is 0 Å². The lowest BCUT2D eigenvalue weighted by atomic mass is 10.1. The smallest absolute Gasteiger partial charge is 0.138 e. The van der Waals surface area contributed by atoms with Crippen molar-refractivity contribution >= 4 is 27.4 Å². The van der Waals surface area contributed by atoms with Crippen LogP contribution < -0.4 is 5.32 Å². The lowest BCUT2D eigenvalue weighted by molar-refractivity contribution is 0.587. The summed E-state index contributed by atoms with van der Waals surface area (Å²) in [5, 5.41) is 4.42. The highest BCUT2D eigenvalue weighted by atomic mass is 32.1. The molecule has 0 bridgehead atoms. The Morgan fingerprint density at radius 3 is 2.84 bits per heavy atom. The number of hydrogen-bond acceptors (Lipinski definition) is 4. The summed E-state index contributed by atoms with van der Waals surface area (Å²) in [5.41, 5.74) is 0. The average molecular weight is 275 g/mol. The third kappa shape index (κ3) is 2.34. The van der Waals surface area contributed by atoms with E-state index in [9.17, 15) is 0 Å². The lowest BCUT2D eigenvalue weighted by Crippen LogP contribution is -2.04. The average Bonchev–Trinajstić information content (AvgIpc) is 3.02. The topological polar surface area (TPSA) is 37.8 Å². The molecule has 0 spiro atoms. The summed E-state index contributed by atoms with van der Waals surface area (Å²) in [6.07, 6.45) is 4.86. The van der Waals surface area contributed by atoms with Gasteiger partial charge in [-0.2, -0.15) is 0 Å². The zero-order valence-corrected chi connectivity index (χ0v) is 12.7. The molecule has 3 nitrogen and oxygen atoms in total. The van der Waals surface area contributed by atoms with E-state index in [-0.39, 0.29) is 0 Å². The molecule has 0 aliphatic heterocycles. The fourth-order valence-electron chi connectivity index (χ4n) is 2.98. The molecule has 2 atom stereocenters. The molecule has 19 heavy (non-hydrogen) atoms. The predicted molar refractivity (Wildman–Crippen MR) is 82.1 cm³/mol. The molecule has 102 valence electrons. The first-order valence-corrected chi connectivity index (χ1v) is 8.01. The van der Waals surface area contributed by atoms with Crippen molar-refractivity contribution in [2.75, 3.05) is 12.4 Å². The second kappa shape index (κ2) is 5.08. The number of nitrogens with zero attached hydrogens (tertiary/aromatic N) is 2. The quantitative estimate of drug-likeness (QED) is 0.912. The van der Waals surface area contributed by atoms with Crippen molar-refractivity contribution in [1.29, 1.82) is 0 Å². The molecule has 0 saturated heterocycles. The molecular weight excluding hydrogens is 254 g/mol. The normalized spacial score (nSPS) is 23.1. The zero-order chi connectivity index (χ0) is 13.4. The van der Waals surface area contributed by atoms with Crippen LogP contribution in [0.3, 0.4) is 0 Å². The highest BCUT2D eigenvalue weighted by Crippen LogP contribution is 2.38. The minimum absolute atomic E-state index is 0.554. The van der Waals surface area contributed by atoms with Crippen LogP contribution in [0.25, 0.3) is 10.2 Å². The van der Waals surface area contributed by atoms with E-state index in [0.29, 0.717) is 5.92 Å². The van der Waals surface area contributed by atoms with Crippen molar-refractivity contribution in [2.45, 2.75) is 45.4 Å². The lowest BCUT2D eigenvalue weighted by Gasteiger charge is -2.10. The minimum atomic E-state index is 0.554. The van der Waals surface area contributed by atoms with Gasteiger partial charge in [-0.3, -0.25) is 0 Å². The number of fused-ring (bicyclic) bond motifs is 1. The molecule has 2 aromatic heterocycles. The van der Waals surface area contributed by atoms with E-state index in [4.69, 9.17) is 9.97 Å². The molecular formula is C15H21N3S. The summed E-state index contributed by atoms with van der Waals surface area (Å²) in [4.78, 5) is 12.1. The molecule has 0 aromatic carbocycles. The minimum Gasteiger partial charge on any atom is -0.372 e. The van der Waals surface area contributed by atoms with Crippen LogP contribution >= 0.6 is 11.3 Å². The molecule has 4 heteroatoms. The Morgan fingerprint density at radius 1 is 1.37 bits per heavy atom. The number of rotatable bonds is 3. The van der Waals surface area contributed by atoms with Gasteiger partial charge in [0.2, 0.25) is 0 Å². The Bertz CT molecular complexity index is 590. The molecule has 2 heterocycles. The summed E-state index contributed by atoms with van der Waals surface area (Å²) in [7, 11) is 1.95. The second-order valence-electron chi connectivity index (χ2n) is 5.58. The van der Waals surface area contributed by atoms with Crippen LogP contribution in [0.4, 0.5) is 5.82 Å². The third-order valence-electron chi connectivity index (χ3n) is 4.11. The Hall–Kier alpha value is -1.16. The standard InChI is InChI=1S/C15H21N3S/c1-4-11-8-12-14(16-3)17-13(18-15(12)19-11)10-6-5-9(2)7-10/h8-10H,4-7H2,1-3H3,(H,16,17,18). The number of aryl methyl sites for hydroxylation is 1. The molecule has 1 aliphatic rings. The van der Waals surface area contributed by atoms with Crippen molar-refractivity contribution < 1.29 is 0 Å². The van der Waals surface area contributed by atoms with Gasteiger partial charge < -0.3 is 5.32 Å². The van der Waals surface area contributed by atoms with Gasteiger partial charge in [-0.1, -0.05) is 13.8 Å². The van der Waals surface area contributed by atoms with Gasteiger partial charge in [0.15, 0.2) is 0 Å². The molecule has 1 N–H and O–H groups in total. The first kappa shape index (κ1) is 12.9. The van der Waals surface area contributed by atoms with E-state index in [0.717, 1.165) is 28.8 Å². The van der Waals surface area contributed by atoms with E-state index in [1.807, 2.05) is 18.4 Å². The number of anilines is 1. The number of hydrogen-bond donors (Lipinski definition) is 1. The molecule has 1 aliphatic carbocycles. The van der Waals surface area contributed by atoms with E-state index in [1.54, 1.807) is 0 Å². The van der Waals surface area contributed by atoms with Gasteiger partial charge in [0.05, 0.1) is 5.39 Å². The first-order chi connectivity index (χ1) is 9.21. The molecule has 0 radical (unpaired) electrons. The molecule has 1 fully saturated rings. The van der Waals surface area contributed by atoms with Crippen LogP contribution in [0.15, 0.2) is 6.07 Å². The van der Waals surface area contributed by atoms with Gasteiger partial charge in [0, 0.05) is 17.8 Å². The number of nitrogens with one attached hydrogen (secondary N) is 1. The van der Waals surface area contributed by atoms with E-state index in [1.165, 1.54) is 29.5 Å². The fourth-order valence-corrected chi connectivity index (χ4v) is 3.95. The maximum absolute atomic E-state index is 4.84. The summed E-state index contributed by atoms with van der Waals surface area (Å²) < 4.78 is 0. The van der Waals surface area contributed by atoms with Crippen LogP contribution in [0.2, 0.25) is 0 Å². The second-order valence-corrected chi connectivity index (χ2v) is 6.70. The molecule has 2 aromatic rings. The number of aromatic nitrogens is 2. The summed E-state index contributed by atoms with van der Waals surface area (Å²) in [6.45, 7) is 4.52. The Labute approximate surface area is 118 Å². The predicted octanol–water partition coefficient (Wildman–Crippen LogP) is 4.20. The van der Waals surface area contributed by atoms with Crippen LogP contribution in [0, 0.1) is 5.92 Å². The summed E-state index contributed by atoms with van der Waals surface area (Å²) >= 11 is 1.81. The van der Waals surface area contributed by atoms with Gasteiger partial charge in [0.1, 0.15) is 16.5 Å². The SMILES string of the molecule is CCc1cc2c(NC)nc(C3CCC(C)C3)nc2s1. The Kier molecular flexibility index (Phi) is 3.44. The highest BCUT2D eigenvalue weighted by molar-refractivity contribution is 7.18. The van der Waals surface area contributed by atoms with Gasteiger partial charge >= 0.3 is 0 Å². The Morgan fingerprint density at radius 2 is 2.21 bits per heavy atom. The molecule has 3 rings (SSSR count).